The minimum Gasteiger partial charge on any atom is -0.334 e. The topological polar surface area (TPSA) is 29.9 Å². The Morgan fingerprint density at radius 1 is 1.32 bits per heavy atom. The van der Waals surface area contributed by atoms with Gasteiger partial charge in [0.1, 0.15) is 5.82 Å². The van der Waals surface area contributed by atoms with Crippen LogP contribution in [-0.4, -0.2) is 15.6 Å². The maximum atomic E-state index is 4.47. The predicted molar refractivity (Wildman–Crippen MR) is 80.0 cm³/mol. The first-order valence-electron chi connectivity index (χ1n) is 8.04. The Bertz CT molecular complexity index is 351. The molecule has 1 aromatic heterocycles. The van der Waals surface area contributed by atoms with Gasteiger partial charge in [-0.05, 0) is 32.1 Å². The van der Waals surface area contributed by atoms with E-state index in [4.69, 9.17) is 0 Å². The molecular formula is C16H29N3. The van der Waals surface area contributed by atoms with Crippen LogP contribution >= 0.6 is 0 Å². The van der Waals surface area contributed by atoms with Crippen molar-refractivity contribution in [1.82, 2.24) is 14.9 Å². The second-order valence-electron chi connectivity index (χ2n) is 5.96. The number of hydrogen-bond donors (Lipinski definition) is 1. The van der Waals surface area contributed by atoms with E-state index in [1.165, 1.54) is 50.8 Å². The van der Waals surface area contributed by atoms with Gasteiger partial charge in [-0.25, -0.2) is 4.98 Å². The van der Waals surface area contributed by atoms with Gasteiger partial charge in [0.05, 0.1) is 6.54 Å². The van der Waals surface area contributed by atoms with Crippen molar-refractivity contribution in [1.29, 1.82) is 0 Å². The molecule has 1 N–H and O–H groups in total. The van der Waals surface area contributed by atoms with E-state index in [1.54, 1.807) is 0 Å². The fourth-order valence-corrected chi connectivity index (χ4v) is 3.18. The fraction of sp³-hybridized carbons (Fsp3) is 0.812. The van der Waals surface area contributed by atoms with Gasteiger partial charge in [0, 0.05) is 25.0 Å². The molecule has 0 aromatic carbocycles. The van der Waals surface area contributed by atoms with Gasteiger partial charge >= 0.3 is 0 Å². The number of aromatic nitrogens is 2. The van der Waals surface area contributed by atoms with Crippen LogP contribution in [0.15, 0.2) is 12.4 Å². The molecule has 19 heavy (non-hydrogen) atoms. The minimum absolute atomic E-state index is 0.616. The van der Waals surface area contributed by atoms with Crippen LogP contribution in [0.2, 0.25) is 0 Å². The number of imidazole rings is 1. The summed E-state index contributed by atoms with van der Waals surface area (Å²) in [7, 11) is 0. The molecule has 1 aliphatic rings. The van der Waals surface area contributed by atoms with Crippen LogP contribution in [0.5, 0.6) is 0 Å². The molecule has 1 aromatic rings. The van der Waals surface area contributed by atoms with Gasteiger partial charge in [0.15, 0.2) is 0 Å². The number of rotatable bonds is 6. The van der Waals surface area contributed by atoms with Crippen molar-refractivity contribution in [3.8, 4) is 0 Å². The molecule has 0 radical (unpaired) electrons. The SMILES string of the molecule is CCCn1ccnc1CN[C@@H](C)C1CCCCCC1. The van der Waals surface area contributed by atoms with Crippen LogP contribution in [-0.2, 0) is 13.1 Å². The van der Waals surface area contributed by atoms with Crippen LogP contribution in [0, 0.1) is 5.92 Å². The standard InChI is InChI=1S/C16H29N3/c1-3-11-19-12-10-17-16(19)13-18-14(2)15-8-6-4-5-7-9-15/h10,12,14-15,18H,3-9,11,13H2,1-2H3/t14-/m0/s1. The Kier molecular flexibility index (Phi) is 5.90. The third-order valence-electron chi connectivity index (χ3n) is 4.46. The predicted octanol–water partition coefficient (Wildman–Crippen LogP) is 3.74. The summed E-state index contributed by atoms with van der Waals surface area (Å²) in [6.07, 6.45) is 13.7. The molecule has 1 saturated carbocycles. The summed E-state index contributed by atoms with van der Waals surface area (Å²) in [6.45, 7) is 6.55. The van der Waals surface area contributed by atoms with Gasteiger partial charge in [0.2, 0.25) is 0 Å². The third-order valence-corrected chi connectivity index (χ3v) is 4.46. The zero-order chi connectivity index (χ0) is 13.5. The van der Waals surface area contributed by atoms with Crippen molar-refractivity contribution in [3.63, 3.8) is 0 Å². The molecule has 2 rings (SSSR count). The second-order valence-corrected chi connectivity index (χ2v) is 5.96. The van der Waals surface area contributed by atoms with Gasteiger partial charge in [0.25, 0.3) is 0 Å². The first-order valence-corrected chi connectivity index (χ1v) is 8.04. The average Bonchev–Trinajstić information content (AvgIpc) is 2.68. The largest absolute Gasteiger partial charge is 0.334 e. The van der Waals surface area contributed by atoms with Crippen molar-refractivity contribution in [2.24, 2.45) is 5.92 Å². The number of aryl methyl sites for hydroxylation is 1. The smallest absolute Gasteiger partial charge is 0.122 e. The van der Waals surface area contributed by atoms with Crippen molar-refractivity contribution in [2.75, 3.05) is 0 Å². The quantitative estimate of drug-likeness (QED) is 0.792. The van der Waals surface area contributed by atoms with Gasteiger partial charge in [-0.3, -0.25) is 0 Å². The van der Waals surface area contributed by atoms with E-state index in [0.29, 0.717) is 6.04 Å². The molecular weight excluding hydrogens is 234 g/mol. The van der Waals surface area contributed by atoms with Gasteiger partial charge in [-0.1, -0.05) is 32.6 Å². The maximum absolute atomic E-state index is 4.47. The lowest BCUT2D eigenvalue weighted by Gasteiger charge is -2.23. The Labute approximate surface area is 117 Å². The molecule has 0 unspecified atom stereocenters. The average molecular weight is 263 g/mol. The Balaban J connectivity index is 1.81. The number of hydrogen-bond acceptors (Lipinski definition) is 2. The van der Waals surface area contributed by atoms with Crippen molar-refractivity contribution in [3.05, 3.63) is 18.2 Å². The molecule has 0 aliphatic heterocycles. The molecule has 0 saturated heterocycles. The third kappa shape index (κ3) is 4.34. The summed E-state index contributed by atoms with van der Waals surface area (Å²) >= 11 is 0. The Morgan fingerprint density at radius 3 is 2.74 bits per heavy atom. The zero-order valence-electron chi connectivity index (χ0n) is 12.6. The second kappa shape index (κ2) is 7.68. The van der Waals surface area contributed by atoms with Crippen LogP contribution < -0.4 is 5.32 Å². The highest BCUT2D eigenvalue weighted by molar-refractivity contribution is 4.92. The number of nitrogens with zero attached hydrogens (tertiary/aromatic N) is 2. The van der Waals surface area contributed by atoms with E-state index in [2.05, 4.69) is 34.9 Å². The van der Waals surface area contributed by atoms with Crippen LogP contribution in [0.1, 0.15) is 64.6 Å². The maximum Gasteiger partial charge on any atom is 0.122 e. The molecule has 0 amide bonds. The lowest BCUT2D eigenvalue weighted by molar-refractivity contribution is 0.332. The van der Waals surface area contributed by atoms with Gasteiger partial charge < -0.3 is 9.88 Å². The normalized spacial score (nSPS) is 19.3. The summed E-state index contributed by atoms with van der Waals surface area (Å²) in [5.41, 5.74) is 0. The van der Waals surface area contributed by atoms with E-state index in [0.717, 1.165) is 19.0 Å². The highest BCUT2D eigenvalue weighted by Gasteiger charge is 2.18. The molecule has 3 nitrogen and oxygen atoms in total. The highest BCUT2D eigenvalue weighted by atomic mass is 15.1. The van der Waals surface area contributed by atoms with E-state index < -0.39 is 0 Å². The first kappa shape index (κ1) is 14.6. The minimum atomic E-state index is 0.616. The summed E-state index contributed by atoms with van der Waals surface area (Å²) in [5.74, 6) is 2.04. The van der Waals surface area contributed by atoms with Crippen molar-refractivity contribution in [2.45, 2.75) is 77.9 Å². The van der Waals surface area contributed by atoms with Crippen LogP contribution in [0.4, 0.5) is 0 Å². The van der Waals surface area contributed by atoms with Crippen molar-refractivity contribution >= 4 is 0 Å². The molecule has 3 heteroatoms. The zero-order valence-corrected chi connectivity index (χ0v) is 12.6. The molecule has 108 valence electrons. The van der Waals surface area contributed by atoms with E-state index in [1.807, 2.05) is 6.20 Å². The van der Waals surface area contributed by atoms with Crippen LogP contribution in [0.3, 0.4) is 0 Å². The summed E-state index contributed by atoms with van der Waals surface area (Å²) < 4.78 is 2.27. The fourth-order valence-electron chi connectivity index (χ4n) is 3.18. The molecule has 1 fully saturated rings. The molecule has 0 spiro atoms. The summed E-state index contributed by atoms with van der Waals surface area (Å²) in [4.78, 5) is 4.47. The monoisotopic (exact) mass is 263 g/mol. The highest BCUT2D eigenvalue weighted by Crippen LogP contribution is 2.25. The Hall–Kier alpha value is -0.830. The molecule has 1 heterocycles. The Morgan fingerprint density at radius 2 is 2.05 bits per heavy atom. The summed E-state index contributed by atoms with van der Waals surface area (Å²) in [6, 6.07) is 0.616. The molecule has 0 bridgehead atoms. The van der Waals surface area contributed by atoms with E-state index in [-0.39, 0.29) is 0 Å². The van der Waals surface area contributed by atoms with E-state index >= 15 is 0 Å². The van der Waals surface area contributed by atoms with Gasteiger partial charge in [-0.15, -0.1) is 0 Å². The van der Waals surface area contributed by atoms with Crippen LogP contribution in [0.25, 0.3) is 0 Å². The summed E-state index contributed by atoms with van der Waals surface area (Å²) in [5, 5.41) is 3.70. The van der Waals surface area contributed by atoms with Crippen molar-refractivity contribution < 1.29 is 0 Å². The first-order chi connectivity index (χ1) is 9.31. The van der Waals surface area contributed by atoms with E-state index in [9.17, 15) is 0 Å². The lowest BCUT2D eigenvalue weighted by Crippen LogP contribution is -2.33. The number of nitrogens with one attached hydrogen (secondary N) is 1. The molecule has 1 atom stereocenters. The van der Waals surface area contributed by atoms with Gasteiger partial charge in [-0.2, -0.15) is 0 Å². The molecule has 1 aliphatic carbocycles. The lowest BCUT2D eigenvalue weighted by atomic mass is 9.93.